The Bertz CT molecular complexity index is 627. The Morgan fingerprint density at radius 2 is 1.90 bits per heavy atom. The number of aromatic nitrogens is 1. The highest BCUT2D eigenvalue weighted by Gasteiger charge is 2.10. The summed E-state index contributed by atoms with van der Waals surface area (Å²) in [6.45, 7) is 4.02. The predicted molar refractivity (Wildman–Crippen MR) is 87.5 cm³/mol. The van der Waals surface area contributed by atoms with Gasteiger partial charge < -0.3 is 4.74 Å². The maximum absolute atomic E-state index is 6.25. The minimum Gasteiger partial charge on any atom is -0.492 e. The molecule has 0 radical (unpaired) electrons. The van der Waals surface area contributed by atoms with Crippen LogP contribution in [-0.4, -0.2) is 36.1 Å². The van der Waals surface area contributed by atoms with Gasteiger partial charge in [0.1, 0.15) is 17.5 Å². The van der Waals surface area contributed by atoms with E-state index in [4.69, 9.17) is 27.9 Å². The van der Waals surface area contributed by atoms with E-state index < -0.39 is 0 Å². The number of halogens is 2. The van der Waals surface area contributed by atoms with Crippen molar-refractivity contribution >= 4 is 34.1 Å². The first-order chi connectivity index (χ1) is 10.2. The van der Waals surface area contributed by atoms with Crippen LogP contribution in [0.2, 0.25) is 10.2 Å². The fraction of sp³-hybridized carbons (Fsp3) is 0.438. The Labute approximate surface area is 134 Å². The number of hydrogen-bond donors (Lipinski definition) is 0. The van der Waals surface area contributed by atoms with Gasteiger partial charge in [-0.25, -0.2) is 4.98 Å². The molecule has 5 heteroatoms. The van der Waals surface area contributed by atoms with Gasteiger partial charge in [0.2, 0.25) is 0 Å². The molecule has 0 amide bonds. The Morgan fingerprint density at radius 1 is 1.10 bits per heavy atom. The lowest BCUT2D eigenvalue weighted by atomic mass is 10.1. The van der Waals surface area contributed by atoms with E-state index in [1.807, 2.05) is 18.2 Å². The van der Waals surface area contributed by atoms with E-state index in [2.05, 4.69) is 9.88 Å². The highest BCUT2D eigenvalue weighted by atomic mass is 35.5. The molecule has 1 aliphatic rings. The molecule has 1 aromatic heterocycles. The summed E-state index contributed by atoms with van der Waals surface area (Å²) in [6, 6.07) is 7.44. The van der Waals surface area contributed by atoms with Crippen molar-refractivity contribution in [3.05, 3.63) is 34.4 Å². The maximum atomic E-state index is 6.25. The van der Waals surface area contributed by atoms with Gasteiger partial charge in [0.05, 0.1) is 10.5 Å². The Hall–Kier alpha value is -1.03. The molecule has 0 aliphatic carbocycles. The molecule has 3 rings (SSSR count). The Kier molecular flexibility index (Phi) is 4.84. The maximum Gasteiger partial charge on any atom is 0.129 e. The number of pyridine rings is 1. The molecule has 1 aliphatic heterocycles. The van der Waals surface area contributed by atoms with E-state index >= 15 is 0 Å². The number of benzene rings is 1. The first-order valence-corrected chi connectivity index (χ1v) is 8.09. The number of fused-ring (bicyclic) bond motifs is 1. The van der Waals surface area contributed by atoms with E-state index in [1.54, 1.807) is 6.07 Å². The van der Waals surface area contributed by atoms with Crippen molar-refractivity contribution in [2.45, 2.75) is 19.3 Å². The molecule has 0 N–H and O–H groups in total. The Balaban J connectivity index is 1.65. The zero-order valence-electron chi connectivity index (χ0n) is 11.8. The minimum absolute atomic E-state index is 0.447. The van der Waals surface area contributed by atoms with Gasteiger partial charge >= 0.3 is 0 Å². The topological polar surface area (TPSA) is 25.4 Å². The lowest BCUT2D eigenvalue weighted by Crippen LogP contribution is -2.33. The van der Waals surface area contributed by atoms with Crippen LogP contribution in [0.25, 0.3) is 10.9 Å². The van der Waals surface area contributed by atoms with E-state index in [1.165, 1.54) is 32.4 Å². The van der Waals surface area contributed by atoms with E-state index in [9.17, 15) is 0 Å². The van der Waals surface area contributed by atoms with Gasteiger partial charge in [0, 0.05) is 18.0 Å². The summed E-state index contributed by atoms with van der Waals surface area (Å²) in [6.07, 6.45) is 3.95. The summed E-state index contributed by atoms with van der Waals surface area (Å²) >= 11 is 12.1. The fourth-order valence-electron chi connectivity index (χ4n) is 2.70. The van der Waals surface area contributed by atoms with E-state index in [0.717, 1.165) is 17.7 Å². The molecule has 1 saturated heterocycles. The lowest BCUT2D eigenvalue weighted by Gasteiger charge is -2.26. The van der Waals surface area contributed by atoms with Crippen molar-refractivity contribution in [2.24, 2.45) is 0 Å². The molecule has 112 valence electrons. The summed E-state index contributed by atoms with van der Waals surface area (Å²) in [5.41, 5.74) is 0.715. The monoisotopic (exact) mass is 324 g/mol. The molecule has 0 atom stereocenters. The van der Waals surface area contributed by atoms with Crippen LogP contribution in [0, 0.1) is 0 Å². The molecule has 3 nitrogen and oxygen atoms in total. The summed E-state index contributed by atoms with van der Waals surface area (Å²) < 4.78 is 5.84. The standard InChI is InChI=1S/C16H18Cl2N2O/c17-14-11-13(10-12-4-5-15(18)19-16(12)14)21-9-8-20-6-2-1-3-7-20/h4-5,10-11H,1-3,6-9H2. The molecule has 1 aromatic carbocycles. The number of rotatable bonds is 4. The van der Waals surface area contributed by atoms with Crippen LogP contribution in [0.15, 0.2) is 24.3 Å². The van der Waals surface area contributed by atoms with E-state index in [-0.39, 0.29) is 0 Å². The van der Waals surface area contributed by atoms with Gasteiger partial charge in [-0.3, -0.25) is 4.90 Å². The third-order valence-corrected chi connectivity index (χ3v) is 4.31. The Morgan fingerprint density at radius 3 is 2.71 bits per heavy atom. The fourth-order valence-corrected chi connectivity index (χ4v) is 3.11. The second kappa shape index (κ2) is 6.82. The van der Waals surface area contributed by atoms with Crippen LogP contribution in [0.5, 0.6) is 5.75 Å². The van der Waals surface area contributed by atoms with Crippen molar-refractivity contribution in [1.82, 2.24) is 9.88 Å². The molecule has 2 aromatic rings. The lowest BCUT2D eigenvalue weighted by molar-refractivity contribution is 0.183. The molecule has 21 heavy (non-hydrogen) atoms. The quantitative estimate of drug-likeness (QED) is 0.779. The molecule has 2 heterocycles. The zero-order chi connectivity index (χ0) is 14.7. The van der Waals surface area contributed by atoms with Crippen molar-refractivity contribution < 1.29 is 4.74 Å². The smallest absolute Gasteiger partial charge is 0.129 e. The van der Waals surface area contributed by atoms with Crippen molar-refractivity contribution in [2.75, 3.05) is 26.2 Å². The zero-order valence-corrected chi connectivity index (χ0v) is 13.3. The third-order valence-electron chi connectivity index (χ3n) is 3.81. The van der Waals surface area contributed by atoms with Crippen LogP contribution in [0.1, 0.15) is 19.3 Å². The summed E-state index contributed by atoms with van der Waals surface area (Å²) in [5, 5.41) is 1.96. The van der Waals surface area contributed by atoms with Crippen LogP contribution < -0.4 is 4.74 Å². The van der Waals surface area contributed by atoms with Crippen LogP contribution in [-0.2, 0) is 0 Å². The highest BCUT2D eigenvalue weighted by Crippen LogP contribution is 2.29. The molecule has 0 spiro atoms. The van der Waals surface area contributed by atoms with Gasteiger partial charge in [-0.05, 0) is 44.1 Å². The average molecular weight is 325 g/mol. The number of hydrogen-bond acceptors (Lipinski definition) is 3. The van der Waals surface area contributed by atoms with Crippen molar-refractivity contribution in [1.29, 1.82) is 0 Å². The first-order valence-electron chi connectivity index (χ1n) is 7.33. The van der Waals surface area contributed by atoms with Crippen LogP contribution >= 0.6 is 23.2 Å². The largest absolute Gasteiger partial charge is 0.492 e. The first kappa shape index (κ1) is 14.9. The molecular formula is C16H18Cl2N2O. The molecular weight excluding hydrogens is 307 g/mol. The molecule has 0 saturated carbocycles. The van der Waals surface area contributed by atoms with Crippen LogP contribution in [0.3, 0.4) is 0 Å². The van der Waals surface area contributed by atoms with Gasteiger partial charge in [-0.1, -0.05) is 29.6 Å². The minimum atomic E-state index is 0.447. The summed E-state index contributed by atoms with van der Waals surface area (Å²) in [5.74, 6) is 0.786. The molecule has 0 bridgehead atoms. The third kappa shape index (κ3) is 3.79. The number of likely N-dealkylation sites (tertiary alicyclic amines) is 1. The van der Waals surface area contributed by atoms with Gasteiger partial charge in [-0.15, -0.1) is 0 Å². The highest BCUT2D eigenvalue weighted by molar-refractivity contribution is 6.36. The van der Waals surface area contributed by atoms with Crippen molar-refractivity contribution in [3.8, 4) is 5.75 Å². The normalized spacial score (nSPS) is 16.3. The summed E-state index contributed by atoms with van der Waals surface area (Å²) in [7, 11) is 0. The number of piperidine rings is 1. The van der Waals surface area contributed by atoms with Gasteiger partial charge in [0.15, 0.2) is 0 Å². The van der Waals surface area contributed by atoms with E-state index in [0.29, 0.717) is 22.3 Å². The summed E-state index contributed by atoms with van der Waals surface area (Å²) in [4.78, 5) is 6.69. The predicted octanol–water partition coefficient (Wildman–Crippen LogP) is 4.41. The average Bonchev–Trinajstić information content (AvgIpc) is 2.49. The van der Waals surface area contributed by atoms with Crippen LogP contribution in [0.4, 0.5) is 0 Å². The SMILES string of the molecule is Clc1ccc2cc(OCCN3CCCCC3)cc(Cl)c2n1. The second-order valence-electron chi connectivity index (χ2n) is 5.36. The van der Waals surface area contributed by atoms with Gasteiger partial charge in [0.25, 0.3) is 0 Å². The van der Waals surface area contributed by atoms with Crippen molar-refractivity contribution in [3.63, 3.8) is 0 Å². The second-order valence-corrected chi connectivity index (χ2v) is 6.16. The number of nitrogens with zero attached hydrogens (tertiary/aromatic N) is 2. The van der Waals surface area contributed by atoms with Gasteiger partial charge in [-0.2, -0.15) is 0 Å². The molecule has 1 fully saturated rings. The number of ether oxygens (including phenoxy) is 1. The molecule has 0 unspecified atom stereocenters.